The Hall–Kier alpha value is -1.20. The van der Waals surface area contributed by atoms with Gasteiger partial charge in [0, 0.05) is 18.7 Å². The first kappa shape index (κ1) is 13.2. The second-order valence-corrected chi connectivity index (χ2v) is 4.98. The molecular formula is C13H17BrN4. The van der Waals surface area contributed by atoms with E-state index in [0.717, 1.165) is 22.3 Å². The fraction of sp³-hybridized carbons (Fsp3) is 0.385. The molecule has 1 unspecified atom stereocenters. The van der Waals surface area contributed by atoms with Crippen molar-refractivity contribution in [3.8, 4) is 11.3 Å². The van der Waals surface area contributed by atoms with Crippen molar-refractivity contribution in [3.63, 3.8) is 0 Å². The third kappa shape index (κ3) is 2.47. The van der Waals surface area contributed by atoms with Gasteiger partial charge in [0.05, 0.1) is 0 Å². The number of benzene rings is 1. The van der Waals surface area contributed by atoms with Crippen molar-refractivity contribution in [2.45, 2.75) is 19.4 Å². The fourth-order valence-electron chi connectivity index (χ4n) is 2.15. The second kappa shape index (κ2) is 5.63. The van der Waals surface area contributed by atoms with Gasteiger partial charge in [0.25, 0.3) is 0 Å². The third-order valence-corrected chi connectivity index (χ3v) is 3.64. The number of nitrogens with zero attached hydrogens (tertiary/aromatic N) is 3. The summed E-state index contributed by atoms with van der Waals surface area (Å²) in [5.74, 6) is 0. The van der Waals surface area contributed by atoms with Crippen molar-refractivity contribution < 1.29 is 0 Å². The lowest BCUT2D eigenvalue weighted by atomic mass is 10.0. The Kier molecular flexibility index (Phi) is 4.14. The summed E-state index contributed by atoms with van der Waals surface area (Å²) in [4.78, 5) is 0. The zero-order valence-electron chi connectivity index (χ0n) is 10.8. The van der Waals surface area contributed by atoms with Gasteiger partial charge < -0.3 is 5.32 Å². The summed E-state index contributed by atoms with van der Waals surface area (Å²) in [7, 11) is 3.89. The number of aromatic nitrogens is 3. The van der Waals surface area contributed by atoms with Gasteiger partial charge in [-0.3, -0.25) is 0 Å². The maximum absolute atomic E-state index is 4.02. The Morgan fingerprint density at radius 3 is 2.78 bits per heavy atom. The second-order valence-electron chi connectivity index (χ2n) is 4.23. The number of hydrogen-bond donors (Lipinski definition) is 1. The molecular weight excluding hydrogens is 292 g/mol. The van der Waals surface area contributed by atoms with E-state index in [1.54, 1.807) is 4.68 Å². The van der Waals surface area contributed by atoms with E-state index in [0.29, 0.717) is 6.04 Å². The zero-order valence-corrected chi connectivity index (χ0v) is 12.4. The van der Waals surface area contributed by atoms with Crippen molar-refractivity contribution >= 4 is 15.9 Å². The third-order valence-electron chi connectivity index (χ3n) is 3.10. The molecule has 0 fully saturated rings. The molecule has 18 heavy (non-hydrogen) atoms. The van der Waals surface area contributed by atoms with Crippen LogP contribution in [0.1, 0.15) is 24.9 Å². The van der Waals surface area contributed by atoms with Gasteiger partial charge in [-0.2, -0.15) is 0 Å². The lowest BCUT2D eigenvalue weighted by Crippen LogP contribution is -2.15. The average Bonchev–Trinajstić information content (AvgIpc) is 2.71. The minimum Gasteiger partial charge on any atom is -0.313 e. The van der Waals surface area contributed by atoms with E-state index >= 15 is 0 Å². The van der Waals surface area contributed by atoms with Crippen LogP contribution in [-0.2, 0) is 7.05 Å². The predicted molar refractivity (Wildman–Crippen MR) is 76.2 cm³/mol. The fourth-order valence-corrected chi connectivity index (χ4v) is 2.70. The van der Waals surface area contributed by atoms with Crippen LogP contribution < -0.4 is 5.32 Å². The van der Waals surface area contributed by atoms with Gasteiger partial charge in [-0.15, -0.1) is 5.10 Å². The van der Waals surface area contributed by atoms with E-state index in [2.05, 4.69) is 62.7 Å². The van der Waals surface area contributed by atoms with Gasteiger partial charge in [0.1, 0.15) is 5.69 Å². The van der Waals surface area contributed by atoms with Gasteiger partial charge in [-0.1, -0.05) is 30.3 Å². The average molecular weight is 309 g/mol. The van der Waals surface area contributed by atoms with E-state index in [-0.39, 0.29) is 0 Å². The van der Waals surface area contributed by atoms with Crippen LogP contribution in [0.2, 0.25) is 0 Å². The lowest BCUT2D eigenvalue weighted by Gasteiger charge is -2.15. The number of rotatable bonds is 4. The maximum atomic E-state index is 4.02. The Balaban J connectivity index is 2.44. The first-order valence-corrected chi connectivity index (χ1v) is 6.79. The summed E-state index contributed by atoms with van der Waals surface area (Å²) in [5.41, 5.74) is 3.41. The first-order chi connectivity index (χ1) is 8.67. The van der Waals surface area contributed by atoms with Crippen molar-refractivity contribution in [2.24, 2.45) is 7.05 Å². The van der Waals surface area contributed by atoms with Gasteiger partial charge in [0.2, 0.25) is 0 Å². The molecule has 0 aliphatic heterocycles. The van der Waals surface area contributed by atoms with E-state index in [4.69, 9.17) is 0 Å². The standard InChI is InChI=1S/C13H17BrN4/c1-4-11(15-2)9-6-5-7-10(8-9)12-13(14)16-17-18(12)3/h5-8,11,15H,4H2,1-3H3. The quantitative estimate of drug-likeness (QED) is 0.944. The smallest absolute Gasteiger partial charge is 0.156 e. The summed E-state index contributed by atoms with van der Waals surface area (Å²) >= 11 is 3.44. The van der Waals surface area contributed by atoms with Crippen LogP contribution in [0.15, 0.2) is 28.9 Å². The number of aryl methyl sites for hydroxylation is 1. The highest BCUT2D eigenvalue weighted by Gasteiger charge is 2.13. The van der Waals surface area contributed by atoms with E-state index in [9.17, 15) is 0 Å². The highest BCUT2D eigenvalue weighted by Crippen LogP contribution is 2.28. The monoisotopic (exact) mass is 308 g/mol. The summed E-state index contributed by atoms with van der Waals surface area (Å²) < 4.78 is 2.56. The van der Waals surface area contributed by atoms with Crippen LogP contribution in [0.3, 0.4) is 0 Å². The van der Waals surface area contributed by atoms with Crippen LogP contribution in [-0.4, -0.2) is 22.0 Å². The normalized spacial score (nSPS) is 12.7. The lowest BCUT2D eigenvalue weighted by molar-refractivity contribution is 0.577. The Morgan fingerprint density at radius 1 is 1.44 bits per heavy atom. The minimum absolute atomic E-state index is 0.380. The predicted octanol–water partition coefficient (Wildman–Crippen LogP) is 2.92. The van der Waals surface area contributed by atoms with Crippen molar-refractivity contribution in [3.05, 3.63) is 34.4 Å². The van der Waals surface area contributed by atoms with Crippen LogP contribution in [0.25, 0.3) is 11.3 Å². The highest BCUT2D eigenvalue weighted by atomic mass is 79.9. The number of hydrogen-bond acceptors (Lipinski definition) is 3. The largest absolute Gasteiger partial charge is 0.313 e. The van der Waals surface area contributed by atoms with Crippen molar-refractivity contribution in [1.29, 1.82) is 0 Å². The van der Waals surface area contributed by atoms with Crippen LogP contribution in [0, 0.1) is 0 Å². The molecule has 96 valence electrons. The molecule has 1 aromatic heterocycles. The van der Waals surface area contributed by atoms with Gasteiger partial charge in [-0.05, 0) is 41.0 Å². The van der Waals surface area contributed by atoms with Gasteiger partial charge >= 0.3 is 0 Å². The summed E-state index contributed by atoms with van der Waals surface area (Å²) in [5, 5.41) is 11.4. The van der Waals surface area contributed by atoms with E-state index in [1.807, 2.05) is 14.1 Å². The molecule has 0 radical (unpaired) electrons. The molecule has 2 aromatic rings. The summed E-state index contributed by atoms with van der Waals surface area (Å²) in [6.45, 7) is 2.18. The molecule has 0 bridgehead atoms. The molecule has 1 heterocycles. The Bertz CT molecular complexity index is 512. The maximum Gasteiger partial charge on any atom is 0.156 e. The molecule has 0 saturated heterocycles. The van der Waals surface area contributed by atoms with Crippen LogP contribution in [0.5, 0.6) is 0 Å². The first-order valence-electron chi connectivity index (χ1n) is 6.00. The Labute approximate surface area is 116 Å². The molecule has 0 spiro atoms. The molecule has 0 amide bonds. The number of halogens is 1. The van der Waals surface area contributed by atoms with E-state index in [1.165, 1.54) is 5.56 Å². The van der Waals surface area contributed by atoms with Crippen molar-refractivity contribution in [2.75, 3.05) is 7.05 Å². The molecule has 1 N–H and O–H groups in total. The minimum atomic E-state index is 0.380. The molecule has 0 saturated carbocycles. The highest BCUT2D eigenvalue weighted by molar-refractivity contribution is 9.10. The topological polar surface area (TPSA) is 42.7 Å². The van der Waals surface area contributed by atoms with Gasteiger partial charge in [-0.25, -0.2) is 4.68 Å². The summed E-state index contributed by atoms with van der Waals surface area (Å²) in [6.07, 6.45) is 1.06. The molecule has 1 atom stereocenters. The molecule has 0 aliphatic rings. The molecule has 4 nitrogen and oxygen atoms in total. The zero-order chi connectivity index (χ0) is 13.1. The SMILES string of the molecule is CCC(NC)c1cccc(-c2c(Br)nnn2C)c1. The Morgan fingerprint density at radius 2 is 2.22 bits per heavy atom. The van der Waals surface area contributed by atoms with Crippen LogP contribution in [0.4, 0.5) is 0 Å². The van der Waals surface area contributed by atoms with Crippen LogP contribution >= 0.6 is 15.9 Å². The molecule has 1 aromatic carbocycles. The van der Waals surface area contributed by atoms with E-state index < -0.39 is 0 Å². The molecule has 5 heteroatoms. The number of nitrogens with one attached hydrogen (secondary N) is 1. The summed E-state index contributed by atoms with van der Waals surface area (Å²) in [6, 6.07) is 8.87. The van der Waals surface area contributed by atoms with Crippen molar-refractivity contribution in [1.82, 2.24) is 20.3 Å². The molecule has 0 aliphatic carbocycles. The molecule has 2 rings (SSSR count). The van der Waals surface area contributed by atoms with Gasteiger partial charge in [0.15, 0.2) is 4.60 Å².